The quantitative estimate of drug-likeness (QED) is 0.781. The van der Waals surface area contributed by atoms with Crippen molar-refractivity contribution in [2.24, 2.45) is 0 Å². The summed E-state index contributed by atoms with van der Waals surface area (Å²) in [6.45, 7) is 0.421. The number of likely N-dealkylation sites (N-methyl/N-ethyl adjacent to an activating group) is 1. The monoisotopic (exact) mass is 333 g/mol. The first-order valence-corrected chi connectivity index (χ1v) is 8.04. The van der Waals surface area contributed by atoms with Crippen LogP contribution in [0.5, 0.6) is 0 Å². The van der Waals surface area contributed by atoms with Crippen molar-refractivity contribution >= 4 is 22.6 Å². The number of nitrogens with zero attached hydrogens (tertiary/aromatic N) is 2. The smallest absolute Gasteiger partial charge is 0.254 e. The van der Waals surface area contributed by atoms with Crippen molar-refractivity contribution in [2.45, 2.75) is 6.54 Å². The van der Waals surface area contributed by atoms with Gasteiger partial charge in [0, 0.05) is 31.5 Å². The molecule has 0 aliphatic heterocycles. The highest BCUT2D eigenvalue weighted by Gasteiger charge is 2.16. The van der Waals surface area contributed by atoms with Crippen LogP contribution in [0.4, 0.5) is 0 Å². The Bertz CT molecular complexity index is 888. The summed E-state index contributed by atoms with van der Waals surface area (Å²) >= 11 is 0. The van der Waals surface area contributed by atoms with Crippen LogP contribution < -0.4 is 5.32 Å². The second kappa shape index (κ2) is 7.57. The summed E-state index contributed by atoms with van der Waals surface area (Å²) in [6.07, 6.45) is 3.36. The summed E-state index contributed by atoms with van der Waals surface area (Å²) in [7, 11) is 1.64. The lowest BCUT2D eigenvalue weighted by molar-refractivity contribution is -0.121. The van der Waals surface area contributed by atoms with Gasteiger partial charge < -0.3 is 10.2 Å². The standard InChI is InChI=1S/C20H19N3O2/c1-23(14-19(24)22-13-15-9-11-21-12-10-15)20(25)18-8-4-6-16-5-2-3-7-17(16)18/h2-12H,13-14H2,1H3,(H,22,24). The average Bonchev–Trinajstić information content (AvgIpc) is 2.66. The molecule has 3 aromatic rings. The van der Waals surface area contributed by atoms with E-state index in [1.807, 2.05) is 48.5 Å². The van der Waals surface area contributed by atoms with E-state index < -0.39 is 0 Å². The zero-order valence-electron chi connectivity index (χ0n) is 14.0. The Hall–Kier alpha value is -3.21. The van der Waals surface area contributed by atoms with Gasteiger partial charge >= 0.3 is 0 Å². The predicted octanol–water partition coefficient (Wildman–Crippen LogP) is 2.62. The number of carbonyl (C=O) groups is 2. The minimum atomic E-state index is -0.201. The SMILES string of the molecule is CN(CC(=O)NCc1ccncc1)C(=O)c1cccc2ccccc12. The van der Waals surface area contributed by atoms with E-state index in [2.05, 4.69) is 10.3 Å². The van der Waals surface area contributed by atoms with Crippen LogP contribution in [0.25, 0.3) is 10.8 Å². The van der Waals surface area contributed by atoms with E-state index in [0.29, 0.717) is 12.1 Å². The molecule has 0 radical (unpaired) electrons. The molecular formula is C20H19N3O2. The first-order chi connectivity index (χ1) is 12.1. The van der Waals surface area contributed by atoms with Crippen molar-refractivity contribution in [3.63, 3.8) is 0 Å². The van der Waals surface area contributed by atoms with E-state index in [9.17, 15) is 9.59 Å². The molecule has 0 bridgehead atoms. The molecule has 1 heterocycles. The molecule has 3 rings (SSSR count). The van der Waals surface area contributed by atoms with Gasteiger partial charge in [-0.05, 0) is 34.5 Å². The van der Waals surface area contributed by atoms with E-state index >= 15 is 0 Å². The van der Waals surface area contributed by atoms with Crippen LogP contribution in [0.2, 0.25) is 0 Å². The molecule has 5 heteroatoms. The Morgan fingerprint density at radius 3 is 2.52 bits per heavy atom. The van der Waals surface area contributed by atoms with E-state index in [1.165, 1.54) is 4.90 Å². The Kier molecular flexibility index (Phi) is 5.04. The van der Waals surface area contributed by atoms with Gasteiger partial charge in [0.25, 0.3) is 5.91 Å². The second-order valence-corrected chi connectivity index (χ2v) is 5.82. The zero-order valence-corrected chi connectivity index (χ0v) is 14.0. The van der Waals surface area contributed by atoms with E-state index in [4.69, 9.17) is 0 Å². The van der Waals surface area contributed by atoms with Gasteiger partial charge in [0.2, 0.25) is 5.91 Å². The van der Waals surface area contributed by atoms with Gasteiger partial charge in [-0.2, -0.15) is 0 Å². The minimum Gasteiger partial charge on any atom is -0.350 e. The van der Waals surface area contributed by atoms with Crippen LogP contribution in [0.1, 0.15) is 15.9 Å². The molecule has 0 saturated carbocycles. The molecule has 2 aromatic carbocycles. The maximum absolute atomic E-state index is 12.7. The largest absolute Gasteiger partial charge is 0.350 e. The highest BCUT2D eigenvalue weighted by atomic mass is 16.2. The lowest BCUT2D eigenvalue weighted by Crippen LogP contribution is -2.38. The number of rotatable bonds is 5. The third-order valence-electron chi connectivity index (χ3n) is 3.99. The number of fused-ring (bicyclic) bond motifs is 1. The Labute approximate surface area is 146 Å². The molecule has 5 nitrogen and oxygen atoms in total. The fourth-order valence-electron chi connectivity index (χ4n) is 2.66. The number of hydrogen-bond donors (Lipinski definition) is 1. The maximum atomic E-state index is 12.7. The Balaban J connectivity index is 1.65. The molecule has 1 N–H and O–H groups in total. The number of amides is 2. The van der Waals surface area contributed by atoms with E-state index in [0.717, 1.165) is 16.3 Å². The first kappa shape index (κ1) is 16.6. The molecular weight excluding hydrogens is 314 g/mol. The molecule has 0 saturated heterocycles. The maximum Gasteiger partial charge on any atom is 0.254 e. The summed E-state index contributed by atoms with van der Waals surface area (Å²) in [5, 5.41) is 4.70. The number of pyridine rings is 1. The van der Waals surface area contributed by atoms with E-state index in [1.54, 1.807) is 25.5 Å². The van der Waals surface area contributed by atoms with Crippen molar-refractivity contribution in [3.8, 4) is 0 Å². The average molecular weight is 333 g/mol. The Morgan fingerprint density at radius 2 is 1.72 bits per heavy atom. The van der Waals surface area contributed by atoms with Crippen LogP contribution in [-0.2, 0) is 11.3 Å². The molecule has 2 amide bonds. The lowest BCUT2D eigenvalue weighted by atomic mass is 10.0. The fourth-order valence-corrected chi connectivity index (χ4v) is 2.66. The molecule has 0 fully saturated rings. The van der Waals surface area contributed by atoms with Crippen LogP contribution in [0.15, 0.2) is 67.0 Å². The molecule has 0 spiro atoms. The van der Waals surface area contributed by atoms with Gasteiger partial charge in [-0.3, -0.25) is 14.6 Å². The van der Waals surface area contributed by atoms with Gasteiger partial charge in [-0.25, -0.2) is 0 Å². The van der Waals surface area contributed by atoms with Crippen LogP contribution in [0, 0.1) is 0 Å². The summed E-state index contributed by atoms with van der Waals surface area (Å²) in [4.78, 5) is 30.2. The summed E-state index contributed by atoms with van der Waals surface area (Å²) in [5.74, 6) is -0.372. The topological polar surface area (TPSA) is 62.3 Å². The van der Waals surface area contributed by atoms with Crippen molar-refractivity contribution in [2.75, 3.05) is 13.6 Å². The van der Waals surface area contributed by atoms with Crippen molar-refractivity contribution in [1.29, 1.82) is 0 Å². The summed E-state index contributed by atoms with van der Waals surface area (Å²) < 4.78 is 0. The van der Waals surface area contributed by atoms with Gasteiger partial charge in [0.05, 0.1) is 6.54 Å². The van der Waals surface area contributed by atoms with Gasteiger partial charge in [-0.1, -0.05) is 36.4 Å². The minimum absolute atomic E-state index is 0.00708. The van der Waals surface area contributed by atoms with Crippen molar-refractivity contribution < 1.29 is 9.59 Å². The molecule has 0 aliphatic rings. The number of hydrogen-bond acceptors (Lipinski definition) is 3. The van der Waals surface area contributed by atoms with Crippen LogP contribution in [-0.4, -0.2) is 35.3 Å². The lowest BCUT2D eigenvalue weighted by Gasteiger charge is -2.18. The van der Waals surface area contributed by atoms with Crippen LogP contribution in [0.3, 0.4) is 0 Å². The molecule has 1 aromatic heterocycles. The highest BCUT2D eigenvalue weighted by molar-refractivity contribution is 6.07. The second-order valence-electron chi connectivity index (χ2n) is 5.82. The number of aromatic nitrogens is 1. The number of benzene rings is 2. The summed E-state index contributed by atoms with van der Waals surface area (Å²) in [6, 6.07) is 17.0. The predicted molar refractivity (Wildman–Crippen MR) is 97.0 cm³/mol. The van der Waals surface area contributed by atoms with Crippen LogP contribution >= 0.6 is 0 Å². The molecule has 0 unspecified atom stereocenters. The van der Waals surface area contributed by atoms with Crippen molar-refractivity contribution in [1.82, 2.24) is 15.2 Å². The normalized spacial score (nSPS) is 10.4. The van der Waals surface area contributed by atoms with Gasteiger partial charge in [-0.15, -0.1) is 0 Å². The number of nitrogens with one attached hydrogen (secondary N) is 1. The number of carbonyl (C=O) groups excluding carboxylic acids is 2. The first-order valence-electron chi connectivity index (χ1n) is 8.04. The van der Waals surface area contributed by atoms with Gasteiger partial charge in [0.15, 0.2) is 0 Å². The highest BCUT2D eigenvalue weighted by Crippen LogP contribution is 2.19. The Morgan fingerprint density at radius 1 is 1.00 bits per heavy atom. The molecule has 126 valence electrons. The van der Waals surface area contributed by atoms with Gasteiger partial charge in [0.1, 0.15) is 0 Å². The third-order valence-corrected chi connectivity index (χ3v) is 3.99. The summed E-state index contributed by atoms with van der Waals surface area (Å²) in [5.41, 5.74) is 1.56. The van der Waals surface area contributed by atoms with Crippen molar-refractivity contribution in [3.05, 3.63) is 78.1 Å². The fraction of sp³-hybridized carbons (Fsp3) is 0.150. The molecule has 25 heavy (non-hydrogen) atoms. The molecule has 0 aliphatic carbocycles. The zero-order chi connectivity index (χ0) is 17.6. The van der Waals surface area contributed by atoms with E-state index in [-0.39, 0.29) is 18.4 Å². The third kappa shape index (κ3) is 4.01. The molecule has 0 atom stereocenters.